The minimum absolute atomic E-state index is 0.107. The summed E-state index contributed by atoms with van der Waals surface area (Å²) in [4.78, 5) is 4.81. The normalized spacial score (nSPS) is 32.1. The van der Waals surface area contributed by atoms with E-state index >= 15 is 0 Å². The highest BCUT2D eigenvalue weighted by Crippen LogP contribution is 2.34. The maximum atomic E-state index is 14.3. The molecule has 0 aromatic rings. The number of unbranched alkanes of at least 4 members (excludes halogenated alkanes) is 1. The van der Waals surface area contributed by atoms with E-state index in [2.05, 4.69) is 29.4 Å². The van der Waals surface area contributed by atoms with Crippen LogP contribution in [0.3, 0.4) is 0 Å². The number of alkyl halides is 3. The number of hydrogen-bond acceptors (Lipinski definition) is 3. The van der Waals surface area contributed by atoms with Crippen LogP contribution in [0.25, 0.3) is 0 Å². The molecule has 3 aliphatic rings. The predicted octanol–water partition coefficient (Wildman–Crippen LogP) is 5.69. The molecule has 1 heterocycles. The number of hydrogen-bond donors (Lipinski definition) is 1. The van der Waals surface area contributed by atoms with E-state index in [9.17, 15) is 4.39 Å². The van der Waals surface area contributed by atoms with Crippen molar-refractivity contribution >= 4 is 34.8 Å². The van der Waals surface area contributed by atoms with Crippen LogP contribution in [0.4, 0.5) is 4.39 Å². The van der Waals surface area contributed by atoms with Crippen molar-refractivity contribution < 1.29 is 4.39 Å². The second kappa shape index (κ2) is 10.8. The van der Waals surface area contributed by atoms with Gasteiger partial charge in [-0.1, -0.05) is 37.6 Å². The van der Waals surface area contributed by atoms with E-state index in [0.717, 1.165) is 37.9 Å². The first kappa shape index (κ1) is 24.0. The van der Waals surface area contributed by atoms with Crippen molar-refractivity contribution in [2.24, 2.45) is 5.73 Å². The van der Waals surface area contributed by atoms with Crippen molar-refractivity contribution in [1.82, 2.24) is 9.80 Å². The van der Waals surface area contributed by atoms with Crippen LogP contribution in [0.2, 0.25) is 0 Å². The van der Waals surface area contributed by atoms with E-state index in [1.807, 2.05) is 6.08 Å². The van der Waals surface area contributed by atoms with Gasteiger partial charge in [0.2, 0.25) is 0 Å². The predicted molar refractivity (Wildman–Crippen MR) is 127 cm³/mol. The summed E-state index contributed by atoms with van der Waals surface area (Å²) in [6.07, 6.45) is 9.96. The van der Waals surface area contributed by atoms with Gasteiger partial charge in [0.25, 0.3) is 0 Å². The fraction of sp³-hybridized carbons (Fsp3) is 0.652. The standard InChI is InChI=1S/C23H33Cl3FN3/c1-3-4-5-15(2)29-9-8-18(14-29)30(17-6-7-23(28)21(26)11-17)13-16-10-22(27)20(25)12-19(16)24/h6-7,10,17-20,22H,2-5,8-9,11-14,28H2,1H3/t17?,18-,19?,20?,22?/m0/s1. The van der Waals surface area contributed by atoms with Crippen LogP contribution in [0.5, 0.6) is 0 Å². The van der Waals surface area contributed by atoms with Gasteiger partial charge in [-0.25, -0.2) is 4.39 Å². The quantitative estimate of drug-likeness (QED) is 0.361. The van der Waals surface area contributed by atoms with Gasteiger partial charge in [-0.3, -0.25) is 4.90 Å². The zero-order valence-electron chi connectivity index (χ0n) is 17.7. The monoisotopic (exact) mass is 475 g/mol. The largest absolute Gasteiger partial charge is 0.398 e. The molecule has 0 aromatic carbocycles. The van der Waals surface area contributed by atoms with Crippen LogP contribution >= 0.6 is 34.8 Å². The van der Waals surface area contributed by atoms with Gasteiger partial charge in [-0.15, -0.1) is 23.2 Å². The summed E-state index contributed by atoms with van der Waals surface area (Å²) in [7, 11) is 0. The number of rotatable bonds is 8. The summed E-state index contributed by atoms with van der Waals surface area (Å²) in [5, 5.41) is -0.123. The summed E-state index contributed by atoms with van der Waals surface area (Å²) in [6.45, 7) is 9.02. The highest BCUT2D eigenvalue weighted by atomic mass is 35.5. The van der Waals surface area contributed by atoms with Crippen molar-refractivity contribution in [2.75, 3.05) is 19.6 Å². The van der Waals surface area contributed by atoms with Gasteiger partial charge in [0.1, 0.15) is 6.17 Å². The van der Waals surface area contributed by atoms with Gasteiger partial charge < -0.3 is 10.6 Å². The fourth-order valence-electron chi connectivity index (χ4n) is 4.51. The number of nitrogens with two attached hydrogens (primary N) is 1. The highest BCUT2D eigenvalue weighted by Gasteiger charge is 2.36. The van der Waals surface area contributed by atoms with Gasteiger partial charge >= 0.3 is 0 Å². The van der Waals surface area contributed by atoms with Gasteiger partial charge in [0.15, 0.2) is 0 Å². The Morgan fingerprint density at radius 2 is 2.17 bits per heavy atom. The van der Waals surface area contributed by atoms with E-state index in [4.69, 9.17) is 40.5 Å². The highest BCUT2D eigenvalue weighted by molar-refractivity contribution is 6.30. The van der Waals surface area contributed by atoms with Crippen LogP contribution in [-0.4, -0.2) is 58.4 Å². The lowest BCUT2D eigenvalue weighted by Crippen LogP contribution is -2.47. The summed E-state index contributed by atoms with van der Waals surface area (Å²) < 4.78 is 14.3. The zero-order chi connectivity index (χ0) is 21.8. The number of likely N-dealkylation sites (tertiary alicyclic amines) is 1. The molecule has 1 aliphatic heterocycles. The molecular weight excluding hydrogens is 444 g/mol. The molecule has 3 nitrogen and oxygen atoms in total. The molecule has 0 bridgehead atoms. The summed E-state index contributed by atoms with van der Waals surface area (Å²) in [6, 6.07) is 0.425. The Hall–Kier alpha value is -0.680. The number of allylic oxidation sites excluding steroid dienone is 3. The molecule has 30 heavy (non-hydrogen) atoms. The summed E-state index contributed by atoms with van der Waals surface area (Å²) in [5.74, 6) is 0. The smallest absolute Gasteiger partial charge is 0.135 e. The number of nitrogens with zero attached hydrogens (tertiary/aromatic N) is 2. The Bertz CT molecular complexity index is 720. The lowest BCUT2D eigenvalue weighted by atomic mass is 9.94. The second-order valence-corrected chi connectivity index (χ2v) is 10.2. The third-order valence-corrected chi connectivity index (χ3v) is 7.69. The molecular formula is C23H33Cl3FN3. The maximum absolute atomic E-state index is 14.3. The maximum Gasteiger partial charge on any atom is 0.135 e. The van der Waals surface area contributed by atoms with Crippen molar-refractivity contribution in [3.8, 4) is 0 Å². The molecule has 5 atom stereocenters. The molecule has 3 rings (SSSR count). The lowest BCUT2D eigenvalue weighted by Gasteiger charge is -2.39. The molecule has 0 spiro atoms. The van der Waals surface area contributed by atoms with Crippen LogP contribution in [0.15, 0.2) is 46.8 Å². The molecule has 168 valence electrons. The third kappa shape index (κ3) is 5.76. The van der Waals surface area contributed by atoms with Crippen molar-refractivity contribution in [2.45, 2.75) is 74.5 Å². The molecule has 0 amide bonds. The molecule has 1 fully saturated rings. The molecule has 2 N–H and O–H groups in total. The summed E-state index contributed by atoms with van der Waals surface area (Å²) >= 11 is 19.1. The van der Waals surface area contributed by atoms with Crippen LogP contribution < -0.4 is 5.73 Å². The first-order valence-electron chi connectivity index (χ1n) is 10.9. The van der Waals surface area contributed by atoms with E-state index in [0.29, 0.717) is 36.2 Å². The molecule has 0 aromatic heterocycles. The molecule has 4 unspecified atom stereocenters. The third-order valence-electron chi connectivity index (χ3n) is 6.44. The minimum Gasteiger partial charge on any atom is -0.398 e. The van der Waals surface area contributed by atoms with Gasteiger partial charge in [0, 0.05) is 54.6 Å². The molecule has 0 radical (unpaired) electrons. The van der Waals surface area contributed by atoms with E-state index in [1.165, 1.54) is 12.1 Å². The van der Waals surface area contributed by atoms with E-state index in [1.54, 1.807) is 6.08 Å². The van der Waals surface area contributed by atoms with Crippen LogP contribution in [0, 0.1) is 0 Å². The fourth-order valence-corrected chi connectivity index (χ4v) is 5.41. The van der Waals surface area contributed by atoms with Crippen molar-refractivity contribution in [3.05, 3.63) is 46.8 Å². The Morgan fingerprint density at radius 3 is 2.87 bits per heavy atom. The molecule has 1 saturated heterocycles. The van der Waals surface area contributed by atoms with Gasteiger partial charge in [-0.05, 0) is 43.4 Å². The van der Waals surface area contributed by atoms with Gasteiger partial charge in [0.05, 0.1) is 10.8 Å². The van der Waals surface area contributed by atoms with Crippen LogP contribution in [0.1, 0.15) is 45.4 Å². The SMILES string of the molecule is C=C(CCCC)N1CC[C@H](N(CC2=CC(F)C(Cl)CC2Cl)C2C=CC(N)=C(Cl)C2)C1. The van der Waals surface area contributed by atoms with E-state index < -0.39 is 11.5 Å². The Morgan fingerprint density at radius 1 is 1.40 bits per heavy atom. The van der Waals surface area contributed by atoms with Crippen molar-refractivity contribution in [1.29, 1.82) is 0 Å². The Labute approximate surface area is 195 Å². The molecule has 0 saturated carbocycles. The second-order valence-electron chi connectivity index (χ2n) is 8.63. The Balaban J connectivity index is 1.76. The van der Waals surface area contributed by atoms with Crippen molar-refractivity contribution in [3.63, 3.8) is 0 Å². The van der Waals surface area contributed by atoms with Gasteiger partial charge in [-0.2, -0.15) is 0 Å². The molecule has 2 aliphatic carbocycles. The zero-order valence-corrected chi connectivity index (χ0v) is 19.9. The average Bonchev–Trinajstić information content (AvgIpc) is 3.20. The minimum atomic E-state index is -1.16. The van der Waals surface area contributed by atoms with E-state index in [-0.39, 0.29) is 11.4 Å². The first-order valence-corrected chi connectivity index (χ1v) is 12.2. The first-order chi connectivity index (χ1) is 14.3. The average molecular weight is 477 g/mol. The molecule has 7 heteroatoms. The number of halogens is 4. The lowest BCUT2D eigenvalue weighted by molar-refractivity contribution is 0.172. The van der Waals surface area contributed by atoms with Crippen LogP contribution in [-0.2, 0) is 0 Å². The topological polar surface area (TPSA) is 32.5 Å². The Kier molecular flexibility index (Phi) is 8.60. The summed E-state index contributed by atoms with van der Waals surface area (Å²) in [5.41, 5.74) is 8.71.